The van der Waals surface area contributed by atoms with Crippen LogP contribution in [0.15, 0.2) is 0 Å². The average Bonchev–Trinajstić information content (AvgIpc) is 2.04. The topological polar surface area (TPSA) is 15.3 Å². The summed E-state index contributed by atoms with van der Waals surface area (Å²) in [4.78, 5) is 2.36. The Morgan fingerprint density at radius 2 is 2.36 bits per heavy atom. The van der Waals surface area contributed by atoms with E-state index >= 15 is 0 Å². The van der Waals surface area contributed by atoms with Crippen molar-refractivity contribution in [3.63, 3.8) is 0 Å². The van der Waals surface area contributed by atoms with Crippen molar-refractivity contribution in [1.82, 2.24) is 10.2 Å². The number of hydrogen-bond acceptors (Lipinski definition) is 2. The van der Waals surface area contributed by atoms with Crippen molar-refractivity contribution in [2.45, 2.75) is 25.9 Å². The molecule has 0 aromatic rings. The van der Waals surface area contributed by atoms with Gasteiger partial charge in [0.05, 0.1) is 6.04 Å². The Morgan fingerprint density at radius 1 is 1.64 bits per heavy atom. The molecule has 1 unspecified atom stereocenters. The molecule has 1 atom stereocenters. The van der Waals surface area contributed by atoms with Gasteiger partial charge in [-0.2, -0.15) is 0 Å². The largest absolute Gasteiger partial charge is 0.313 e. The molecule has 2 nitrogen and oxygen atoms in total. The number of nitrogens with one attached hydrogen (secondary N) is 1. The Morgan fingerprint density at radius 3 is 2.82 bits per heavy atom. The first-order valence-corrected chi connectivity index (χ1v) is 4.18. The third-order valence-corrected chi connectivity index (χ3v) is 2.14. The lowest BCUT2D eigenvalue weighted by atomic mass is 10.1. The van der Waals surface area contributed by atoms with Gasteiger partial charge in [0.1, 0.15) is 0 Å². The minimum absolute atomic E-state index is 0.295. The minimum atomic E-state index is 0.295. The van der Waals surface area contributed by atoms with Gasteiger partial charge in [0.25, 0.3) is 0 Å². The van der Waals surface area contributed by atoms with Crippen LogP contribution >= 0.6 is 0 Å². The number of hydrogen-bond donors (Lipinski definition) is 1. The summed E-state index contributed by atoms with van der Waals surface area (Å²) in [6.45, 7) is 7.46. The lowest BCUT2D eigenvalue weighted by molar-refractivity contribution is 0.158. The normalized spacial score (nSPS) is 26.9. The fourth-order valence-corrected chi connectivity index (χ4v) is 1.49. The molecule has 0 aromatic carbocycles. The quantitative estimate of drug-likeness (QED) is 0.544. The molecule has 1 heterocycles. The first-order valence-electron chi connectivity index (χ1n) is 4.18. The zero-order chi connectivity index (χ0) is 8.27. The Hall–Kier alpha value is -0.520. The van der Waals surface area contributed by atoms with E-state index in [9.17, 15) is 0 Å². The standard InChI is InChI=1S/C9H16N2/c1-4-9-7-10-5-6-11(9)8(2)3/h1,8-10H,5-7H2,2-3H3. The van der Waals surface area contributed by atoms with E-state index in [1.807, 2.05) is 0 Å². The SMILES string of the molecule is C#CC1CNCCN1C(C)C. The van der Waals surface area contributed by atoms with Crippen molar-refractivity contribution in [2.75, 3.05) is 19.6 Å². The second-order valence-electron chi connectivity index (χ2n) is 3.22. The molecule has 0 radical (unpaired) electrons. The molecule has 0 aliphatic carbocycles. The van der Waals surface area contributed by atoms with E-state index in [0.29, 0.717) is 12.1 Å². The van der Waals surface area contributed by atoms with Gasteiger partial charge in [-0.05, 0) is 13.8 Å². The van der Waals surface area contributed by atoms with Crippen LogP contribution in [0.1, 0.15) is 13.8 Å². The molecule has 1 N–H and O–H groups in total. The fraction of sp³-hybridized carbons (Fsp3) is 0.778. The molecule has 1 aliphatic heterocycles. The van der Waals surface area contributed by atoms with E-state index in [4.69, 9.17) is 6.42 Å². The van der Waals surface area contributed by atoms with Crippen LogP contribution in [-0.4, -0.2) is 36.6 Å². The maximum absolute atomic E-state index is 5.40. The number of terminal acetylenes is 1. The molecule has 62 valence electrons. The molecule has 0 saturated carbocycles. The van der Waals surface area contributed by atoms with E-state index in [1.165, 1.54) is 0 Å². The molecular formula is C9H16N2. The highest BCUT2D eigenvalue weighted by Crippen LogP contribution is 2.06. The second kappa shape index (κ2) is 3.75. The first kappa shape index (κ1) is 8.58. The molecule has 11 heavy (non-hydrogen) atoms. The zero-order valence-corrected chi connectivity index (χ0v) is 7.30. The summed E-state index contributed by atoms with van der Waals surface area (Å²) in [6.07, 6.45) is 5.40. The summed E-state index contributed by atoms with van der Waals surface area (Å²) in [7, 11) is 0. The molecule has 0 amide bonds. The van der Waals surface area contributed by atoms with Gasteiger partial charge in [0.15, 0.2) is 0 Å². The van der Waals surface area contributed by atoms with E-state index in [2.05, 4.69) is 30.0 Å². The maximum Gasteiger partial charge on any atom is 0.0840 e. The lowest BCUT2D eigenvalue weighted by Gasteiger charge is -2.35. The average molecular weight is 152 g/mol. The van der Waals surface area contributed by atoms with Crippen molar-refractivity contribution in [3.05, 3.63) is 0 Å². The predicted octanol–water partition coefficient (Wildman–Crippen LogP) is 0.302. The monoisotopic (exact) mass is 152 g/mol. The highest BCUT2D eigenvalue weighted by molar-refractivity contribution is 5.03. The molecule has 1 aliphatic rings. The fourth-order valence-electron chi connectivity index (χ4n) is 1.49. The van der Waals surface area contributed by atoms with Crippen LogP contribution in [-0.2, 0) is 0 Å². The van der Waals surface area contributed by atoms with Gasteiger partial charge in [-0.1, -0.05) is 5.92 Å². The Balaban J connectivity index is 2.53. The molecule has 1 rings (SSSR count). The summed E-state index contributed by atoms with van der Waals surface area (Å²) in [5.41, 5.74) is 0. The van der Waals surface area contributed by atoms with Crippen molar-refractivity contribution in [3.8, 4) is 12.3 Å². The van der Waals surface area contributed by atoms with Crippen LogP contribution < -0.4 is 5.32 Å². The van der Waals surface area contributed by atoms with Gasteiger partial charge in [0.2, 0.25) is 0 Å². The van der Waals surface area contributed by atoms with E-state index in [1.54, 1.807) is 0 Å². The molecule has 0 spiro atoms. The van der Waals surface area contributed by atoms with Gasteiger partial charge in [-0.15, -0.1) is 6.42 Å². The number of rotatable bonds is 1. The molecule has 2 heteroatoms. The van der Waals surface area contributed by atoms with Crippen LogP contribution in [0.2, 0.25) is 0 Å². The zero-order valence-electron chi connectivity index (χ0n) is 7.30. The van der Waals surface area contributed by atoms with Crippen LogP contribution in [0.5, 0.6) is 0 Å². The Labute approximate surface area is 69.0 Å². The van der Waals surface area contributed by atoms with Gasteiger partial charge in [-0.25, -0.2) is 0 Å². The summed E-state index contributed by atoms with van der Waals surface area (Å²) >= 11 is 0. The van der Waals surface area contributed by atoms with Gasteiger partial charge >= 0.3 is 0 Å². The van der Waals surface area contributed by atoms with E-state index < -0.39 is 0 Å². The third-order valence-electron chi connectivity index (χ3n) is 2.14. The molecule has 0 aromatic heterocycles. The van der Waals surface area contributed by atoms with Gasteiger partial charge in [-0.3, -0.25) is 4.90 Å². The molecule has 1 fully saturated rings. The Kier molecular flexibility index (Phi) is 2.92. The van der Waals surface area contributed by atoms with Crippen LogP contribution in [0.25, 0.3) is 0 Å². The maximum atomic E-state index is 5.40. The minimum Gasteiger partial charge on any atom is -0.313 e. The van der Waals surface area contributed by atoms with Crippen molar-refractivity contribution in [1.29, 1.82) is 0 Å². The second-order valence-corrected chi connectivity index (χ2v) is 3.22. The van der Waals surface area contributed by atoms with Crippen molar-refractivity contribution in [2.24, 2.45) is 0 Å². The third kappa shape index (κ3) is 1.95. The van der Waals surface area contributed by atoms with Crippen molar-refractivity contribution < 1.29 is 0 Å². The molecule has 0 bridgehead atoms. The lowest BCUT2D eigenvalue weighted by Crippen LogP contribution is -2.53. The smallest absolute Gasteiger partial charge is 0.0840 e. The van der Waals surface area contributed by atoms with Crippen LogP contribution in [0.4, 0.5) is 0 Å². The molecule has 1 saturated heterocycles. The highest BCUT2D eigenvalue weighted by atomic mass is 15.2. The van der Waals surface area contributed by atoms with Gasteiger partial charge in [0, 0.05) is 25.7 Å². The molecular weight excluding hydrogens is 136 g/mol. The number of piperazine rings is 1. The van der Waals surface area contributed by atoms with E-state index in [0.717, 1.165) is 19.6 Å². The van der Waals surface area contributed by atoms with Gasteiger partial charge < -0.3 is 5.32 Å². The van der Waals surface area contributed by atoms with Crippen LogP contribution in [0.3, 0.4) is 0 Å². The highest BCUT2D eigenvalue weighted by Gasteiger charge is 2.21. The summed E-state index contributed by atoms with van der Waals surface area (Å²) in [5.74, 6) is 2.80. The summed E-state index contributed by atoms with van der Waals surface area (Å²) < 4.78 is 0. The predicted molar refractivity (Wildman–Crippen MR) is 47.3 cm³/mol. The number of nitrogens with zero attached hydrogens (tertiary/aromatic N) is 1. The van der Waals surface area contributed by atoms with E-state index in [-0.39, 0.29) is 0 Å². The first-order chi connectivity index (χ1) is 5.25. The van der Waals surface area contributed by atoms with Crippen molar-refractivity contribution >= 4 is 0 Å². The summed E-state index contributed by atoms with van der Waals surface area (Å²) in [6, 6.07) is 0.863. The summed E-state index contributed by atoms with van der Waals surface area (Å²) in [5, 5.41) is 3.29. The van der Waals surface area contributed by atoms with Crippen LogP contribution in [0, 0.1) is 12.3 Å². The Bertz CT molecular complexity index is 157.